The van der Waals surface area contributed by atoms with Gasteiger partial charge in [0.25, 0.3) is 5.91 Å². The fourth-order valence-electron chi connectivity index (χ4n) is 6.30. The number of carbonyl (C=O) groups is 3. The maximum Gasteiger partial charge on any atom is 0.250 e. The Morgan fingerprint density at radius 1 is 0.957 bits per heavy atom. The number of hydrogen-bond donors (Lipinski definition) is 3. The minimum Gasteiger partial charge on any atom is -0.497 e. The molecular formula is C38H42N4O4. The smallest absolute Gasteiger partial charge is 0.250 e. The molecule has 0 saturated carbocycles. The van der Waals surface area contributed by atoms with Crippen LogP contribution < -0.4 is 26.4 Å². The third-order valence-corrected chi connectivity index (χ3v) is 8.51. The minimum absolute atomic E-state index is 0.0765. The van der Waals surface area contributed by atoms with Crippen molar-refractivity contribution >= 4 is 23.4 Å². The minimum atomic E-state index is -0.831. The second-order valence-electron chi connectivity index (χ2n) is 12.6. The summed E-state index contributed by atoms with van der Waals surface area (Å²) in [6.07, 6.45) is 1.34. The number of fused-ring (bicyclic) bond motifs is 1. The number of aryl methyl sites for hydroxylation is 1. The Hall–Kier alpha value is -4.95. The van der Waals surface area contributed by atoms with Gasteiger partial charge in [-0.1, -0.05) is 73.7 Å². The summed E-state index contributed by atoms with van der Waals surface area (Å²) in [7, 11) is 1.61. The topological polar surface area (TPSA) is 128 Å². The summed E-state index contributed by atoms with van der Waals surface area (Å²) >= 11 is 0. The van der Waals surface area contributed by atoms with Crippen molar-refractivity contribution in [3.8, 4) is 16.9 Å². The Morgan fingerprint density at radius 2 is 1.65 bits per heavy atom. The van der Waals surface area contributed by atoms with Gasteiger partial charge in [0, 0.05) is 29.1 Å². The lowest BCUT2D eigenvalue weighted by Crippen LogP contribution is -2.52. The first kappa shape index (κ1) is 32.4. The molecule has 3 amide bonds. The van der Waals surface area contributed by atoms with Crippen molar-refractivity contribution in [2.45, 2.75) is 64.1 Å². The van der Waals surface area contributed by atoms with E-state index in [-0.39, 0.29) is 24.2 Å². The molecule has 0 fully saturated rings. The molecule has 0 spiro atoms. The van der Waals surface area contributed by atoms with Crippen molar-refractivity contribution in [1.82, 2.24) is 5.32 Å². The number of ether oxygens (including phenoxy) is 1. The van der Waals surface area contributed by atoms with Gasteiger partial charge in [-0.2, -0.15) is 0 Å². The first-order valence-corrected chi connectivity index (χ1v) is 15.6. The van der Waals surface area contributed by atoms with Crippen LogP contribution in [0, 0.1) is 0 Å². The summed E-state index contributed by atoms with van der Waals surface area (Å²) in [6, 6.07) is 28.1. The Bertz CT molecular complexity index is 1740. The first-order chi connectivity index (χ1) is 22.0. The predicted octanol–water partition coefficient (Wildman–Crippen LogP) is 5.51. The molecule has 1 aliphatic heterocycles. The van der Waals surface area contributed by atoms with Crippen LogP contribution in [0.5, 0.6) is 5.75 Å². The van der Waals surface area contributed by atoms with E-state index in [1.165, 1.54) is 0 Å². The second-order valence-corrected chi connectivity index (χ2v) is 12.6. The van der Waals surface area contributed by atoms with Gasteiger partial charge < -0.3 is 26.4 Å². The van der Waals surface area contributed by atoms with Gasteiger partial charge in [0.15, 0.2) is 0 Å². The number of nitrogens with one attached hydrogen (secondary N) is 1. The summed E-state index contributed by atoms with van der Waals surface area (Å²) in [5.41, 5.74) is 18.0. The first-order valence-electron chi connectivity index (χ1n) is 15.6. The number of benzene rings is 4. The average molecular weight is 619 g/mol. The summed E-state index contributed by atoms with van der Waals surface area (Å²) in [4.78, 5) is 42.0. The van der Waals surface area contributed by atoms with Crippen LogP contribution in [0.3, 0.4) is 0 Å². The van der Waals surface area contributed by atoms with Gasteiger partial charge in [0.05, 0.1) is 13.7 Å². The lowest BCUT2D eigenvalue weighted by Gasteiger charge is -2.30. The molecule has 1 aliphatic rings. The molecule has 0 saturated heterocycles. The number of nitrogens with zero attached hydrogens (tertiary/aromatic N) is 1. The number of carbonyl (C=O) groups excluding carboxylic acids is 3. The number of nitrogens with two attached hydrogens (primary N) is 2. The second kappa shape index (κ2) is 13.6. The molecule has 5 rings (SSSR count). The average Bonchev–Trinajstić information content (AvgIpc) is 3.14. The summed E-state index contributed by atoms with van der Waals surface area (Å²) < 4.78 is 5.38. The van der Waals surface area contributed by atoms with Crippen LogP contribution >= 0.6 is 0 Å². The highest BCUT2D eigenvalue weighted by atomic mass is 16.5. The van der Waals surface area contributed by atoms with Crippen molar-refractivity contribution in [2.24, 2.45) is 11.5 Å². The fourth-order valence-corrected chi connectivity index (χ4v) is 6.30. The van der Waals surface area contributed by atoms with Crippen LogP contribution in [0.1, 0.15) is 65.7 Å². The predicted molar refractivity (Wildman–Crippen MR) is 182 cm³/mol. The molecule has 238 valence electrons. The number of anilines is 1. The highest BCUT2D eigenvalue weighted by Gasteiger charge is 2.39. The molecule has 4 aromatic carbocycles. The zero-order chi connectivity index (χ0) is 33.0. The number of para-hydroxylation sites is 1. The lowest BCUT2D eigenvalue weighted by molar-refractivity contribution is -0.128. The van der Waals surface area contributed by atoms with E-state index in [2.05, 4.69) is 18.3 Å². The number of primary amides is 1. The van der Waals surface area contributed by atoms with Crippen molar-refractivity contribution in [2.75, 3.05) is 12.0 Å². The van der Waals surface area contributed by atoms with Gasteiger partial charge in [-0.25, -0.2) is 0 Å². The quantitative estimate of drug-likeness (QED) is 0.216. The Balaban J connectivity index is 1.56. The normalized spacial score (nSPS) is 16.4. The highest BCUT2D eigenvalue weighted by molar-refractivity contribution is 6.02. The van der Waals surface area contributed by atoms with E-state index in [0.717, 1.165) is 39.1 Å². The molecule has 4 aromatic rings. The van der Waals surface area contributed by atoms with Crippen molar-refractivity contribution in [1.29, 1.82) is 0 Å². The number of hydrogen-bond acceptors (Lipinski definition) is 5. The summed E-state index contributed by atoms with van der Waals surface area (Å²) in [5, 5.41) is 3.08. The van der Waals surface area contributed by atoms with Gasteiger partial charge in [0.1, 0.15) is 11.8 Å². The molecule has 0 radical (unpaired) electrons. The van der Waals surface area contributed by atoms with Gasteiger partial charge >= 0.3 is 0 Å². The van der Waals surface area contributed by atoms with Gasteiger partial charge in [-0.3, -0.25) is 14.4 Å². The Labute approximate surface area is 270 Å². The monoisotopic (exact) mass is 618 g/mol. The summed E-state index contributed by atoms with van der Waals surface area (Å²) in [5.74, 6) is -0.569. The van der Waals surface area contributed by atoms with Gasteiger partial charge in [-0.05, 0) is 84.3 Å². The number of methoxy groups -OCH3 is 1. The molecule has 0 aliphatic carbocycles. The third-order valence-electron chi connectivity index (χ3n) is 8.51. The molecular weight excluding hydrogens is 576 g/mol. The largest absolute Gasteiger partial charge is 0.497 e. The molecule has 2 unspecified atom stereocenters. The maximum absolute atomic E-state index is 14.7. The Kier molecular flexibility index (Phi) is 9.58. The van der Waals surface area contributed by atoms with Crippen molar-refractivity contribution in [3.63, 3.8) is 0 Å². The molecule has 2 atom stereocenters. The Morgan fingerprint density at radius 3 is 2.33 bits per heavy atom. The van der Waals surface area contributed by atoms with Crippen molar-refractivity contribution in [3.05, 3.63) is 119 Å². The molecule has 0 bridgehead atoms. The van der Waals surface area contributed by atoms with Crippen LogP contribution in [-0.4, -0.2) is 36.4 Å². The van der Waals surface area contributed by atoms with Gasteiger partial charge in [0.2, 0.25) is 11.8 Å². The molecule has 0 aromatic heterocycles. The third kappa shape index (κ3) is 7.13. The van der Waals surface area contributed by atoms with E-state index in [4.69, 9.17) is 16.2 Å². The SMILES string of the molecule is CCc1cc(CN2C(=O)C(NC(=O)CC(C)(C)N)C(c3ccc(OC)cc3)Cc3ccccc32)ccc1-c1ccccc1C(N)=O. The van der Waals surface area contributed by atoms with Gasteiger partial charge in [-0.15, -0.1) is 0 Å². The zero-order valence-corrected chi connectivity index (χ0v) is 26.9. The molecule has 46 heavy (non-hydrogen) atoms. The van der Waals surface area contributed by atoms with Crippen LogP contribution in [0.2, 0.25) is 0 Å². The molecule has 8 heteroatoms. The van der Waals surface area contributed by atoms with Crippen LogP contribution in [-0.2, 0) is 29.0 Å². The van der Waals surface area contributed by atoms with Crippen molar-refractivity contribution < 1.29 is 19.1 Å². The standard InChI is InChI=1S/C38H42N4O4/c1-5-25-20-24(14-19-29(25)30-11-7-8-12-31(30)36(39)44)23-42-33-13-9-6-10-27(33)21-32(26-15-17-28(46-4)18-16-26)35(37(42)45)41-34(43)22-38(2,3)40/h6-20,32,35H,5,21-23,40H2,1-4H3,(H2,39,44)(H,41,43). The lowest BCUT2D eigenvalue weighted by atomic mass is 9.85. The van der Waals surface area contributed by atoms with Crippen LogP contribution in [0.4, 0.5) is 5.69 Å². The fraction of sp³-hybridized carbons (Fsp3) is 0.289. The zero-order valence-electron chi connectivity index (χ0n) is 26.9. The highest BCUT2D eigenvalue weighted by Crippen LogP contribution is 2.37. The molecule has 1 heterocycles. The van der Waals surface area contributed by atoms with Crippen LogP contribution in [0.15, 0.2) is 91.0 Å². The maximum atomic E-state index is 14.7. The van der Waals surface area contributed by atoms with Crippen LogP contribution in [0.25, 0.3) is 11.1 Å². The van der Waals surface area contributed by atoms with E-state index in [0.29, 0.717) is 30.7 Å². The van der Waals surface area contributed by atoms with E-state index >= 15 is 0 Å². The summed E-state index contributed by atoms with van der Waals surface area (Å²) in [6.45, 7) is 5.94. The number of rotatable bonds is 10. The number of amides is 3. The van der Waals surface area contributed by atoms with E-state index in [9.17, 15) is 14.4 Å². The van der Waals surface area contributed by atoms with E-state index in [1.54, 1.807) is 38.0 Å². The van der Waals surface area contributed by atoms with E-state index < -0.39 is 17.5 Å². The molecule has 8 nitrogen and oxygen atoms in total. The van der Waals surface area contributed by atoms with E-state index in [1.807, 2.05) is 72.8 Å². The molecule has 5 N–H and O–H groups in total.